The maximum atomic E-state index is 13.2. The molecule has 0 bridgehead atoms. The first kappa shape index (κ1) is 15.7. The fourth-order valence-corrected chi connectivity index (χ4v) is 2.57. The minimum atomic E-state index is -0.463. The van der Waals surface area contributed by atoms with Crippen molar-refractivity contribution in [1.82, 2.24) is 4.57 Å². The van der Waals surface area contributed by atoms with Crippen LogP contribution < -0.4 is 5.32 Å². The number of benzene rings is 2. The number of esters is 1. The second kappa shape index (κ2) is 6.54. The van der Waals surface area contributed by atoms with E-state index in [0.717, 1.165) is 5.52 Å². The van der Waals surface area contributed by atoms with Crippen LogP contribution in [0.15, 0.2) is 54.7 Å². The Kier molecular flexibility index (Phi) is 4.29. The molecule has 122 valence electrons. The van der Waals surface area contributed by atoms with E-state index >= 15 is 0 Å². The lowest BCUT2D eigenvalue weighted by molar-refractivity contribution is -0.116. The molecule has 0 saturated carbocycles. The van der Waals surface area contributed by atoms with E-state index < -0.39 is 11.8 Å². The molecule has 24 heavy (non-hydrogen) atoms. The molecule has 3 aromatic rings. The number of ether oxygens (including phenoxy) is 1. The summed E-state index contributed by atoms with van der Waals surface area (Å²) in [6, 6.07) is 12.9. The Balaban J connectivity index is 1.87. The average molecular weight is 326 g/mol. The molecule has 1 aromatic heterocycles. The number of nitrogens with zero attached hydrogens (tertiary/aromatic N) is 1. The van der Waals surface area contributed by atoms with Crippen molar-refractivity contribution in [3.63, 3.8) is 0 Å². The molecule has 1 amide bonds. The van der Waals surface area contributed by atoms with Crippen LogP contribution in [-0.4, -0.2) is 23.6 Å². The summed E-state index contributed by atoms with van der Waals surface area (Å²) < 4.78 is 19.6. The van der Waals surface area contributed by atoms with Gasteiger partial charge in [0.15, 0.2) is 0 Å². The van der Waals surface area contributed by atoms with Gasteiger partial charge in [-0.25, -0.2) is 9.18 Å². The molecule has 0 fully saturated rings. The highest BCUT2D eigenvalue weighted by Crippen LogP contribution is 2.22. The summed E-state index contributed by atoms with van der Waals surface area (Å²) in [5.41, 5.74) is 1.52. The van der Waals surface area contributed by atoms with Crippen LogP contribution in [0.4, 0.5) is 10.1 Å². The number of fused-ring (bicyclic) bond motifs is 1. The molecule has 0 aliphatic rings. The van der Waals surface area contributed by atoms with E-state index in [1.54, 1.807) is 22.9 Å². The number of hydrogen-bond donors (Lipinski definition) is 1. The summed E-state index contributed by atoms with van der Waals surface area (Å²) in [4.78, 5) is 24.1. The summed E-state index contributed by atoms with van der Waals surface area (Å²) in [6.07, 6.45) is 1.58. The first-order chi connectivity index (χ1) is 11.6. The molecule has 5 nitrogen and oxygen atoms in total. The Morgan fingerprint density at radius 1 is 1.17 bits per heavy atom. The number of anilines is 1. The predicted molar refractivity (Wildman–Crippen MR) is 88.3 cm³/mol. The average Bonchev–Trinajstić information content (AvgIpc) is 2.93. The lowest BCUT2D eigenvalue weighted by Crippen LogP contribution is -2.18. The molecule has 0 aliphatic heterocycles. The molecular formula is C18H15FN2O3. The molecule has 0 saturated heterocycles. The highest BCUT2D eigenvalue weighted by molar-refractivity contribution is 6.04. The zero-order valence-electron chi connectivity index (χ0n) is 13.0. The molecule has 0 aliphatic carbocycles. The maximum absolute atomic E-state index is 13.2. The number of rotatable bonds is 4. The minimum Gasteiger partial charge on any atom is -0.465 e. The summed E-state index contributed by atoms with van der Waals surface area (Å²) >= 11 is 0. The number of amides is 1. The van der Waals surface area contributed by atoms with Gasteiger partial charge in [0.1, 0.15) is 12.4 Å². The second-order valence-electron chi connectivity index (χ2n) is 5.24. The molecular weight excluding hydrogens is 311 g/mol. The Labute approximate surface area is 137 Å². The SMILES string of the molecule is COC(=O)c1cn(CC(=O)Nc2cccc(F)c2)c2ccccc12. The van der Waals surface area contributed by atoms with Gasteiger partial charge >= 0.3 is 5.97 Å². The Morgan fingerprint density at radius 3 is 2.71 bits per heavy atom. The first-order valence-electron chi connectivity index (χ1n) is 7.30. The molecule has 0 unspecified atom stereocenters. The van der Waals surface area contributed by atoms with Crippen LogP contribution in [0.1, 0.15) is 10.4 Å². The third-order valence-corrected chi connectivity index (χ3v) is 3.62. The van der Waals surface area contributed by atoms with Gasteiger partial charge in [0.05, 0.1) is 12.7 Å². The van der Waals surface area contributed by atoms with E-state index in [9.17, 15) is 14.0 Å². The molecule has 1 heterocycles. The van der Waals surface area contributed by atoms with Gasteiger partial charge < -0.3 is 14.6 Å². The number of nitrogens with one attached hydrogen (secondary N) is 1. The number of carbonyl (C=O) groups is 2. The van der Waals surface area contributed by atoms with Crippen molar-refractivity contribution in [3.05, 3.63) is 66.1 Å². The number of methoxy groups -OCH3 is 1. The van der Waals surface area contributed by atoms with Crippen LogP contribution in [0.3, 0.4) is 0 Å². The molecule has 0 atom stereocenters. The zero-order valence-corrected chi connectivity index (χ0v) is 13.0. The van der Waals surface area contributed by atoms with Crippen molar-refractivity contribution in [2.24, 2.45) is 0 Å². The summed E-state index contributed by atoms with van der Waals surface area (Å²) in [6.45, 7) is -0.00593. The molecule has 0 spiro atoms. The number of hydrogen-bond acceptors (Lipinski definition) is 3. The lowest BCUT2D eigenvalue weighted by Gasteiger charge is -2.07. The van der Waals surface area contributed by atoms with E-state index in [2.05, 4.69) is 5.32 Å². The quantitative estimate of drug-likeness (QED) is 0.749. The molecule has 3 rings (SSSR count). The van der Waals surface area contributed by atoms with E-state index in [1.165, 1.54) is 25.3 Å². The third kappa shape index (κ3) is 3.12. The highest BCUT2D eigenvalue weighted by atomic mass is 19.1. The van der Waals surface area contributed by atoms with E-state index in [1.807, 2.05) is 18.2 Å². The van der Waals surface area contributed by atoms with Crippen molar-refractivity contribution >= 4 is 28.5 Å². The largest absolute Gasteiger partial charge is 0.465 e. The van der Waals surface area contributed by atoms with Crippen molar-refractivity contribution in [3.8, 4) is 0 Å². The smallest absolute Gasteiger partial charge is 0.340 e. The highest BCUT2D eigenvalue weighted by Gasteiger charge is 2.16. The molecule has 6 heteroatoms. The number of para-hydroxylation sites is 1. The van der Waals surface area contributed by atoms with Crippen molar-refractivity contribution in [2.45, 2.75) is 6.54 Å². The van der Waals surface area contributed by atoms with Crippen LogP contribution in [0.25, 0.3) is 10.9 Å². The summed E-state index contributed by atoms with van der Waals surface area (Å²) in [5, 5.41) is 3.34. The monoisotopic (exact) mass is 326 g/mol. The fraction of sp³-hybridized carbons (Fsp3) is 0.111. The Hall–Kier alpha value is -3.15. The van der Waals surface area contributed by atoms with Gasteiger partial charge in [-0.15, -0.1) is 0 Å². The van der Waals surface area contributed by atoms with Crippen molar-refractivity contribution in [1.29, 1.82) is 0 Å². The normalized spacial score (nSPS) is 10.6. The van der Waals surface area contributed by atoms with Crippen molar-refractivity contribution in [2.75, 3.05) is 12.4 Å². The molecule has 2 aromatic carbocycles. The number of carbonyl (C=O) groups excluding carboxylic acids is 2. The van der Waals surface area contributed by atoms with Gasteiger partial charge in [0.25, 0.3) is 0 Å². The standard InChI is InChI=1S/C18H15FN2O3/c1-24-18(23)15-10-21(16-8-3-2-7-14(15)16)11-17(22)20-13-6-4-5-12(19)9-13/h2-10H,11H2,1H3,(H,20,22). The van der Waals surface area contributed by atoms with Gasteiger partial charge in [-0.1, -0.05) is 24.3 Å². The summed E-state index contributed by atoms with van der Waals surface area (Å²) in [5.74, 6) is -1.21. The Morgan fingerprint density at radius 2 is 1.96 bits per heavy atom. The lowest BCUT2D eigenvalue weighted by atomic mass is 10.2. The summed E-state index contributed by atoms with van der Waals surface area (Å²) in [7, 11) is 1.31. The van der Waals surface area contributed by atoms with E-state index in [-0.39, 0.29) is 12.5 Å². The molecule has 0 radical (unpaired) electrons. The van der Waals surface area contributed by atoms with Crippen LogP contribution >= 0.6 is 0 Å². The van der Waals surface area contributed by atoms with E-state index in [0.29, 0.717) is 16.6 Å². The molecule has 1 N–H and O–H groups in total. The topological polar surface area (TPSA) is 60.3 Å². The first-order valence-corrected chi connectivity index (χ1v) is 7.30. The van der Waals surface area contributed by atoms with E-state index in [4.69, 9.17) is 4.74 Å². The fourth-order valence-electron chi connectivity index (χ4n) is 2.57. The van der Waals surface area contributed by atoms with Crippen LogP contribution in [-0.2, 0) is 16.1 Å². The zero-order chi connectivity index (χ0) is 17.1. The van der Waals surface area contributed by atoms with Crippen molar-refractivity contribution < 1.29 is 18.7 Å². The maximum Gasteiger partial charge on any atom is 0.340 e. The van der Waals surface area contributed by atoms with Crippen LogP contribution in [0, 0.1) is 5.82 Å². The predicted octanol–water partition coefficient (Wildman–Crippen LogP) is 3.21. The Bertz CT molecular complexity index is 918. The van der Waals surface area contributed by atoms with Gasteiger partial charge in [-0.2, -0.15) is 0 Å². The number of aromatic nitrogens is 1. The second-order valence-corrected chi connectivity index (χ2v) is 5.24. The van der Waals surface area contributed by atoms with Gasteiger partial charge in [0.2, 0.25) is 5.91 Å². The van der Waals surface area contributed by atoms with Gasteiger partial charge in [0, 0.05) is 22.8 Å². The number of halogens is 1. The van der Waals surface area contributed by atoms with Gasteiger partial charge in [-0.3, -0.25) is 4.79 Å². The van der Waals surface area contributed by atoms with Crippen LogP contribution in [0.5, 0.6) is 0 Å². The van der Waals surface area contributed by atoms with Gasteiger partial charge in [-0.05, 0) is 24.3 Å². The third-order valence-electron chi connectivity index (χ3n) is 3.62. The van der Waals surface area contributed by atoms with Crippen LogP contribution in [0.2, 0.25) is 0 Å². The minimum absolute atomic E-state index is 0.00593.